The van der Waals surface area contributed by atoms with E-state index < -0.39 is 0 Å². The lowest BCUT2D eigenvalue weighted by Crippen LogP contribution is -2.44. The Balaban J connectivity index is 0.987. The third-order valence-electron chi connectivity index (χ3n) is 12.1. The van der Waals surface area contributed by atoms with Gasteiger partial charge in [-0.2, -0.15) is 0 Å². The van der Waals surface area contributed by atoms with Gasteiger partial charge < -0.3 is 25.1 Å². The van der Waals surface area contributed by atoms with Crippen LogP contribution in [0.3, 0.4) is 0 Å². The van der Waals surface area contributed by atoms with Gasteiger partial charge in [-0.3, -0.25) is 9.59 Å². The summed E-state index contributed by atoms with van der Waals surface area (Å²) in [6, 6.07) is 7.99. The molecule has 2 amide bonds. The summed E-state index contributed by atoms with van der Waals surface area (Å²) in [7, 11) is 0. The lowest BCUT2D eigenvalue weighted by Gasteiger charge is -2.31. The first-order valence-corrected chi connectivity index (χ1v) is 20.7. The second-order valence-corrected chi connectivity index (χ2v) is 16.2. The van der Waals surface area contributed by atoms with Gasteiger partial charge in [0, 0.05) is 25.6 Å². The van der Waals surface area contributed by atoms with Crippen molar-refractivity contribution in [3.8, 4) is 0 Å². The van der Waals surface area contributed by atoms with Crippen LogP contribution in [-0.4, -0.2) is 61.2 Å². The van der Waals surface area contributed by atoms with E-state index in [0.717, 1.165) is 93.1 Å². The van der Waals surface area contributed by atoms with Crippen LogP contribution in [0.5, 0.6) is 0 Å². The van der Waals surface area contributed by atoms with Gasteiger partial charge in [0.1, 0.15) is 17.7 Å². The van der Waals surface area contributed by atoms with Crippen molar-refractivity contribution >= 4 is 23.0 Å². The Labute approximate surface area is 327 Å². The zero-order valence-electron chi connectivity index (χ0n) is 33.5. The SMILES string of the molecule is CCCN(Cc1ncc(C2=CC=C(C3=CC4=CC=C(c5cnc(CN(CCC)C(=O)C(C)C(C)C)[nH]5)CC4CC3)CC2)[nH]1)C(=O)C1NCCc2ccccc21. The van der Waals surface area contributed by atoms with E-state index in [1.807, 2.05) is 35.2 Å². The normalized spacial score (nSPS) is 20.0. The van der Waals surface area contributed by atoms with E-state index in [1.54, 1.807) is 0 Å². The van der Waals surface area contributed by atoms with E-state index in [0.29, 0.717) is 31.5 Å². The standard InChI is InChI=1S/C46H59N7O2/c1-6-22-52(45(54)31(5)30(3)4)28-42-49-27-41(51-42)38-19-18-36-24-35(16-17-37(36)25-38)32-12-14-34(15-13-32)40-26-48-43(50-40)29-53(23-7-2)46(55)44-39-11-9-8-10-33(39)20-21-47-44/h8-12,14,18-19,24,26-27,30-31,37,44,47H,6-7,13,15-17,20-23,25,28-29H2,1-5H3,(H,48,50)(H,49,51). The summed E-state index contributed by atoms with van der Waals surface area (Å²) in [5, 5.41) is 3.47. The van der Waals surface area contributed by atoms with Crippen molar-refractivity contribution in [2.45, 2.75) is 105 Å². The molecule has 1 aliphatic heterocycles. The van der Waals surface area contributed by atoms with Gasteiger partial charge in [0.05, 0.1) is 36.9 Å². The highest BCUT2D eigenvalue weighted by Gasteiger charge is 2.31. The number of imidazole rings is 2. The molecular weight excluding hydrogens is 683 g/mol. The highest BCUT2D eigenvalue weighted by molar-refractivity contribution is 5.84. The Morgan fingerprint density at radius 1 is 0.782 bits per heavy atom. The average Bonchev–Trinajstić information content (AvgIpc) is 3.89. The number of H-pyrrole nitrogens is 2. The average molecular weight is 742 g/mol. The molecule has 3 aliphatic carbocycles. The van der Waals surface area contributed by atoms with Crippen molar-refractivity contribution < 1.29 is 9.59 Å². The number of hydrogen-bond donors (Lipinski definition) is 3. The fourth-order valence-corrected chi connectivity index (χ4v) is 8.53. The smallest absolute Gasteiger partial charge is 0.244 e. The molecule has 0 radical (unpaired) electrons. The molecule has 0 fully saturated rings. The van der Waals surface area contributed by atoms with E-state index in [4.69, 9.17) is 9.97 Å². The predicted octanol–water partition coefficient (Wildman–Crippen LogP) is 8.64. The molecule has 7 rings (SSSR count). The van der Waals surface area contributed by atoms with Crippen LogP contribution in [0.15, 0.2) is 83.8 Å². The molecule has 3 atom stereocenters. The summed E-state index contributed by atoms with van der Waals surface area (Å²) >= 11 is 0. The van der Waals surface area contributed by atoms with Gasteiger partial charge in [-0.05, 0) is 102 Å². The number of hydrogen-bond acceptors (Lipinski definition) is 5. The number of fused-ring (bicyclic) bond motifs is 2. The third-order valence-corrected chi connectivity index (χ3v) is 12.1. The summed E-state index contributed by atoms with van der Waals surface area (Å²) in [5.41, 5.74) is 11.3. The summed E-state index contributed by atoms with van der Waals surface area (Å²) in [4.78, 5) is 47.4. The molecule has 0 saturated carbocycles. The van der Waals surface area contributed by atoms with E-state index in [1.165, 1.54) is 33.4 Å². The number of nitrogens with zero attached hydrogens (tertiary/aromatic N) is 4. The second-order valence-electron chi connectivity index (χ2n) is 16.2. The van der Waals surface area contributed by atoms with Crippen LogP contribution in [0.1, 0.15) is 120 Å². The molecule has 0 bridgehead atoms. The molecule has 3 unspecified atom stereocenters. The maximum Gasteiger partial charge on any atom is 0.244 e. The molecule has 0 spiro atoms. The molecule has 3 aromatic rings. The predicted molar refractivity (Wildman–Crippen MR) is 220 cm³/mol. The Bertz CT molecular complexity index is 2020. The lowest BCUT2D eigenvalue weighted by molar-refractivity contribution is -0.137. The van der Waals surface area contributed by atoms with Crippen LogP contribution in [0.2, 0.25) is 0 Å². The maximum atomic E-state index is 13.8. The first kappa shape index (κ1) is 38.5. The molecule has 290 valence electrons. The molecule has 1 aromatic carbocycles. The molecule has 3 N–H and O–H groups in total. The van der Waals surface area contributed by atoms with Gasteiger partial charge >= 0.3 is 0 Å². The van der Waals surface area contributed by atoms with Gasteiger partial charge in [0.2, 0.25) is 11.8 Å². The minimum atomic E-state index is -0.309. The van der Waals surface area contributed by atoms with Gasteiger partial charge in [0.25, 0.3) is 0 Å². The number of rotatable bonds is 14. The maximum absolute atomic E-state index is 13.8. The largest absolute Gasteiger partial charge is 0.341 e. The Morgan fingerprint density at radius 3 is 2.15 bits per heavy atom. The number of amides is 2. The molecular formula is C46H59N7O2. The molecule has 4 aliphatic rings. The van der Waals surface area contributed by atoms with Crippen LogP contribution in [0, 0.1) is 17.8 Å². The topological polar surface area (TPSA) is 110 Å². The van der Waals surface area contributed by atoms with Crippen molar-refractivity contribution in [1.82, 2.24) is 35.1 Å². The Morgan fingerprint density at radius 2 is 1.44 bits per heavy atom. The highest BCUT2D eigenvalue weighted by atomic mass is 16.2. The third kappa shape index (κ3) is 8.72. The zero-order valence-corrected chi connectivity index (χ0v) is 33.5. The molecule has 55 heavy (non-hydrogen) atoms. The number of nitrogens with one attached hydrogen (secondary N) is 3. The van der Waals surface area contributed by atoms with E-state index in [2.05, 4.69) is 91.6 Å². The van der Waals surface area contributed by atoms with Gasteiger partial charge in [-0.15, -0.1) is 0 Å². The van der Waals surface area contributed by atoms with Crippen molar-refractivity contribution in [2.75, 3.05) is 19.6 Å². The number of aromatic nitrogens is 4. The van der Waals surface area contributed by atoms with Crippen LogP contribution >= 0.6 is 0 Å². The van der Waals surface area contributed by atoms with Crippen LogP contribution in [0.4, 0.5) is 0 Å². The van der Waals surface area contributed by atoms with Crippen molar-refractivity contribution in [3.63, 3.8) is 0 Å². The highest BCUT2D eigenvalue weighted by Crippen LogP contribution is 2.42. The van der Waals surface area contributed by atoms with Crippen LogP contribution in [-0.2, 0) is 29.1 Å². The fourth-order valence-electron chi connectivity index (χ4n) is 8.53. The van der Waals surface area contributed by atoms with E-state index in [9.17, 15) is 9.59 Å². The molecule has 2 aromatic heterocycles. The van der Waals surface area contributed by atoms with Gasteiger partial charge in [-0.25, -0.2) is 9.97 Å². The van der Waals surface area contributed by atoms with E-state index >= 15 is 0 Å². The quantitative estimate of drug-likeness (QED) is 0.153. The number of benzene rings is 1. The summed E-state index contributed by atoms with van der Waals surface area (Å²) < 4.78 is 0. The second kappa shape index (κ2) is 17.4. The molecule has 3 heterocycles. The van der Waals surface area contributed by atoms with Gasteiger partial charge in [-0.1, -0.05) is 89.3 Å². The summed E-state index contributed by atoms with van der Waals surface area (Å²) in [6.07, 6.45) is 23.3. The minimum absolute atomic E-state index is 0.00289. The first-order chi connectivity index (χ1) is 26.7. The monoisotopic (exact) mass is 741 g/mol. The number of aromatic amines is 2. The summed E-state index contributed by atoms with van der Waals surface area (Å²) in [6.45, 7) is 13.7. The van der Waals surface area contributed by atoms with Crippen LogP contribution < -0.4 is 5.32 Å². The fraction of sp³-hybridized carbons (Fsp3) is 0.478. The van der Waals surface area contributed by atoms with Crippen molar-refractivity contribution in [2.24, 2.45) is 17.8 Å². The summed E-state index contributed by atoms with van der Waals surface area (Å²) in [5.74, 6) is 2.81. The molecule has 9 nitrogen and oxygen atoms in total. The zero-order chi connectivity index (χ0) is 38.5. The van der Waals surface area contributed by atoms with Crippen LogP contribution in [0.25, 0.3) is 11.1 Å². The Hall–Kier alpha value is -4.76. The van der Waals surface area contributed by atoms with Crippen molar-refractivity contribution in [3.05, 3.63) is 118 Å². The van der Waals surface area contributed by atoms with Crippen molar-refractivity contribution in [1.29, 1.82) is 0 Å². The number of carbonyl (C=O) groups is 2. The van der Waals surface area contributed by atoms with Gasteiger partial charge in [0.15, 0.2) is 0 Å². The lowest BCUT2D eigenvalue weighted by atomic mass is 9.75. The minimum Gasteiger partial charge on any atom is -0.341 e. The molecule has 9 heteroatoms. The molecule has 0 saturated heterocycles. The first-order valence-electron chi connectivity index (χ1n) is 20.7. The number of allylic oxidation sites excluding steroid dienone is 10. The number of carbonyl (C=O) groups excluding carboxylic acids is 2. The van der Waals surface area contributed by atoms with E-state index in [-0.39, 0.29) is 23.8 Å². The Kier molecular flexibility index (Phi) is 12.2.